The molecule has 4 aromatic rings. The zero-order chi connectivity index (χ0) is 18.2. The van der Waals surface area contributed by atoms with Crippen LogP contribution >= 0.6 is 11.8 Å². The van der Waals surface area contributed by atoms with Crippen molar-refractivity contribution >= 4 is 11.8 Å². The average Bonchev–Trinajstić information content (AvgIpc) is 3.11. The van der Waals surface area contributed by atoms with Gasteiger partial charge in [-0.15, -0.1) is 10.2 Å². The summed E-state index contributed by atoms with van der Waals surface area (Å²) in [4.78, 5) is 4.46. The number of furan rings is 1. The summed E-state index contributed by atoms with van der Waals surface area (Å²) < 4.78 is 12.9. The number of thioether (sulfide) groups is 1. The Bertz CT molecular complexity index is 1040. The first-order chi connectivity index (χ1) is 13.3. The smallest absolute Gasteiger partial charge is 0.240 e. The molecule has 0 radical (unpaired) electrons. The monoisotopic (exact) mass is 379 g/mol. The minimum absolute atomic E-state index is 0.0695. The molecule has 3 aromatic heterocycles. The molecule has 1 aliphatic carbocycles. The SMILES string of the molecule is CC(Sc1nnc(C2CC2)n1-c1ccccc1)c1nc(-c2ccco2)no1. The molecule has 1 fully saturated rings. The van der Waals surface area contributed by atoms with Crippen LogP contribution in [0.15, 0.2) is 62.8 Å². The molecule has 7 nitrogen and oxygen atoms in total. The molecule has 0 spiro atoms. The predicted molar refractivity (Wildman–Crippen MR) is 99.6 cm³/mol. The van der Waals surface area contributed by atoms with Crippen LogP contribution in [-0.2, 0) is 0 Å². The minimum atomic E-state index is -0.0695. The summed E-state index contributed by atoms with van der Waals surface area (Å²) in [5.74, 6) is 3.09. The van der Waals surface area contributed by atoms with Crippen LogP contribution < -0.4 is 0 Å². The molecule has 27 heavy (non-hydrogen) atoms. The Morgan fingerprint density at radius 3 is 2.70 bits per heavy atom. The Morgan fingerprint density at radius 1 is 1.11 bits per heavy atom. The molecule has 1 atom stereocenters. The van der Waals surface area contributed by atoms with Crippen molar-refractivity contribution in [3.63, 3.8) is 0 Å². The van der Waals surface area contributed by atoms with Crippen molar-refractivity contribution in [3.8, 4) is 17.3 Å². The molecule has 136 valence electrons. The van der Waals surface area contributed by atoms with Crippen LogP contribution in [0.1, 0.15) is 42.6 Å². The first kappa shape index (κ1) is 16.3. The lowest BCUT2D eigenvalue weighted by Crippen LogP contribution is -2.02. The van der Waals surface area contributed by atoms with E-state index >= 15 is 0 Å². The molecule has 0 amide bonds. The summed E-state index contributed by atoms with van der Waals surface area (Å²) in [6.45, 7) is 2.02. The van der Waals surface area contributed by atoms with Crippen molar-refractivity contribution in [1.29, 1.82) is 0 Å². The van der Waals surface area contributed by atoms with Gasteiger partial charge >= 0.3 is 0 Å². The third-order valence-electron chi connectivity index (χ3n) is 4.43. The Hall–Kier alpha value is -2.87. The fraction of sp³-hybridized carbons (Fsp3) is 0.263. The third-order valence-corrected chi connectivity index (χ3v) is 5.46. The molecule has 0 bridgehead atoms. The van der Waals surface area contributed by atoms with E-state index in [-0.39, 0.29) is 5.25 Å². The molecule has 1 aliphatic rings. The quantitative estimate of drug-likeness (QED) is 0.451. The van der Waals surface area contributed by atoms with E-state index in [1.54, 1.807) is 30.2 Å². The zero-order valence-corrected chi connectivity index (χ0v) is 15.5. The molecule has 0 aliphatic heterocycles. The van der Waals surface area contributed by atoms with Gasteiger partial charge in [0.25, 0.3) is 0 Å². The number of benzene rings is 1. The molecule has 3 heterocycles. The molecule has 1 saturated carbocycles. The highest BCUT2D eigenvalue weighted by atomic mass is 32.2. The van der Waals surface area contributed by atoms with E-state index in [0.29, 0.717) is 23.4 Å². The molecule has 0 N–H and O–H groups in total. The summed E-state index contributed by atoms with van der Waals surface area (Å²) in [5.41, 5.74) is 1.07. The number of hydrogen-bond acceptors (Lipinski definition) is 7. The van der Waals surface area contributed by atoms with E-state index in [4.69, 9.17) is 8.94 Å². The lowest BCUT2D eigenvalue weighted by Gasteiger charge is -2.11. The Balaban J connectivity index is 1.44. The van der Waals surface area contributed by atoms with E-state index in [1.807, 2.05) is 25.1 Å². The Labute approximate surface area is 159 Å². The molecule has 1 unspecified atom stereocenters. The van der Waals surface area contributed by atoms with Crippen molar-refractivity contribution in [3.05, 3.63) is 60.4 Å². The zero-order valence-electron chi connectivity index (χ0n) is 14.6. The summed E-state index contributed by atoms with van der Waals surface area (Å²) >= 11 is 1.56. The van der Waals surface area contributed by atoms with Crippen LogP contribution in [0.3, 0.4) is 0 Å². The lowest BCUT2D eigenvalue weighted by molar-refractivity contribution is 0.379. The van der Waals surface area contributed by atoms with Crippen molar-refractivity contribution in [2.24, 2.45) is 0 Å². The molecule has 1 aromatic carbocycles. The molecule has 5 rings (SSSR count). The maximum atomic E-state index is 5.44. The van der Waals surface area contributed by atoms with Gasteiger partial charge < -0.3 is 8.94 Å². The Kier molecular flexibility index (Phi) is 4.05. The van der Waals surface area contributed by atoms with E-state index in [2.05, 4.69) is 37.0 Å². The number of hydrogen-bond donors (Lipinski definition) is 0. The van der Waals surface area contributed by atoms with Crippen molar-refractivity contribution in [2.75, 3.05) is 0 Å². The van der Waals surface area contributed by atoms with Crippen molar-refractivity contribution in [1.82, 2.24) is 24.9 Å². The third kappa shape index (κ3) is 3.16. The number of aromatic nitrogens is 5. The van der Waals surface area contributed by atoms with E-state index < -0.39 is 0 Å². The van der Waals surface area contributed by atoms with E-state index in [9.17, 15) is 0 Å². The molecular formula is C19H17N5O2S. The average molecular weight is 379 g/mol. The highest BCUT2D eigenvalue weighted by Gasteiger charge is 2.32. The molecule has 8 heteroatoms. The standard InChI is InChI=1S/C19H17N5O2S/c1-12(18-20-16(23-26-18)15-8-5-11-25-15)27-19-22-21-17(13-9-10-13)24(19)14-6-3-2-4-7-14/h2-8,11-13H,9-10H2,1H3. The fourth-order valence-corrected chi connectivity index (χ4v) is 3.80. The summed E-state index contributed by atoms with van der Waals surface area (Å²) in [6, 6.07) is 13.8. The van der Waals surface area contributed by atoms with Gasteiger partial charge in [-0.1, -0.05) is 35.1 Å². The number of rotatable bonds is 6. The van der Waals surface area contributed by atoms with Gasteiger partial charge in [-0.05, 0) is 44.0 Å². The highest BCUT2D eigenvalue weighted by Crippen LogP contribution is 2.42. The second-order valence-electron chi connectivity index (χ2n) is 6.48. The highest BCUT2D eigenvalue weighted by molar-refractivity contribution is 7.99. The van der Waals surface area contributed by atoms with Gasteiger partial charge in [0.1, 0.15) is 5.82 Å². The van der Waals surface area contributed by atoms with Gasteiger partial charge in [-0.2, -0.15) is 4.98 Å². The minimum Gasteiger partial charge on any atom is -0.461 e. The maximum Gasteiger partial charge on any atom is 0.240 e. The van der Waals surface area contributed by atoms with Gasteiger partial charge in [0.2, 0.25) is 11.7 Å². The van der Waals surface area contributed by atoms with Crippen LogP contribution in [-0.4, -0.2) is 24.9 Å². The van der Waals surface area contributed by atoms with E-state index in [1.165, 1.54) is 12.8 Å². The first-order valence-electron chi connectivity index (χ1n) is 8.84. The van der Waals surface area contributed by atoms with Gasteiger partial charge in [-0.3, -0.25) is 4.57 Å². The first-order valence-corrected chi connectivity index (χ1v) is 9.72. The topological polar surface area (TPSA) is 82.8 Å². The second kappa shape index (κ2) is 6.70. The molecular weight excluding hydrogens is 362 g/mol. The molecule has 0 saturated heterocycles. The Morgan fingerprint density at radius 2 is 1.96 bits per heavy atom. The fourth-order valence-electron chi connectivity index (χ4n) is 2.90. The van der Waals surface area contributed by atoms with Crippen LogP contribution in [0.5, 0.6) is 0 Å². The second-order valence-corrected chi connectivity index (χ2v) is 7.79. The summed E-state index contributed by atoms with van der Waals surface area (Å²) in [5, 5.41) is 13.7. The van der Waals surface area contributed by atoms with Crippen LogP contribution in [0.4, 0.5) is 0 Å². The van der Waals surface area contributed by atoms with Gasteiger partial charge in [0.15, 0.2) is 10.9 Å². The van der Waals surface area contributed by atoms with Crippen LogP contribution in [0.2, 0.25) is 0 Å². The van der Waals surface area contributed by atoms with E-state index in [0.717, 1.165) is 16.7 Å². The van der Waals surface area contributed by atoms with Crippen molar-refractivity contribution in [2.45, 2.75) is 36.1 Å². The maximum absolute atomic E-state index is 5.44. The summed E-state index contributed by atoms with van der Waals surface area (Å²) in [6.07, 6.45) is 3.92. The number of para-hydroxylation sites is 1. The largest absolute Gasteiger partial charge is 0.461 e. The van der Waals surface area contributed by atoms with Gasteiger partial charge in [0, 0.05) is 11.6 Å². The normalized spacial score (nSPS) is 15.1. The van der Waals surface area contributed by atoms with Gasteiger partial charge in [-0.25, -0.2) is 0 Å². The van der Waals surface area contributed by atoms with Crippen molar-refractivity contribution < 1.29 is 8.94 Å². The van der Waals surface area contributed by atoms with Gasteiger partial charge in [0.05, 0.1) is 11.5 Å². The van der Waals surface area contributed by atoms with Crippen LogP contribution in [0, 0.1) is 0 Å². The lowest BCUT2D eigenvalue weighted by atomic mass is 10.3. The summed E-state index contributed by atoms with van der Waals surface area (Å²) in [7, 11) is 0. The number of nitrogens with zero attached hydrogens (tertiary/aromatic N) is 5. The van der Waals surface area contributed by atoms with Crippen LogP contribution in [0.25, 0.3) is 17.3 Å². The predicted octanol–water partition coefficient (Wildman–Crippen LogP) is 4.64.